The SMILES string of the molecule is c1cc(OC2CNC2)nc(-c2cnc3c(c2)CCCC3)n1. The van der Waals surface area contributed by atoms with Crippen molar-refractivity contribution in [2.45, 2.75) is 31.8 Å². The lowest BCUT2D eigenvalue weighted by molar-refractivity contribution is 0.136. The predicted octanol–water partition coefficient (Wildman–Crippen LogP) is 1.77. The van der Waals surface area contributed by atoms with Gasteiger partial charge in [0.25, 0.3) is 0 Å². The number of hydrogen-bond acceptors (Lipinski definition) is 5. The van der Waals surface area contributed by atoms with Crippen molar-refractivity contribution in [3.63, 3.8) is 0 Å². The van der Waals surface area contributed by atoms with Gasteiger partial charge in [0.05, 0.1) is 0 Å². The molecule has 1 saturated heterocycles. The highest BCUT2D eigenvalue weighted by atomic mass is 16.5. The Morgan fingerprint density at radius 3 is 2.90 bits per heavy atom. The number of aromatic nitrogens is 3. The zero-order valence-corrected chi connectivity index (χ0v) is 11.9. The van der Waals surface area contributed by atoms with Gasteiger partial charge in [0, 0.05) is 42.8 Å². The van der Waals surface area contributed by atoms with E-state index in [-0.39, 0.29) is 6.10 Å². The summed E-state index contributed by atoms with van der Waals surface area (Å²) < 4.78 is 5.79. The number of nitrogens with zero attached hydrogens (tertiary/aromatic N) is 3. The van der Waals surface area contributed by atoms with Crippen molar-refractivity contribution in [1.82, 2.24) is 20.3 Å². The molecule has 1 aliphatic heterocycles. The van der Waals surface area contributed by atoms with Crippen molar-refractivity contribution in [1.29, 1.82) is 0 Å². The summed E-state index contributed by atoms with van der Waals surface area (Å²) in [4.78, 5) is 13.5. The second-order valence-electron chi connectivity index (χ2n) is 5.65. The largest absolute Gasteiger partial charge is 0.472 e. The van der Waals surface area contributed by atoms with Crippen LogP contribution in [0, 0.1) is 0 Å². The molecule has 4 rings (SSSR count). The second kappa shape index (κ2) is 5.41. The maximum absolute atomic E-state index is 5.79. The van der Waals surface area contributed by atoms with E-state index in [0.29, 0.717) is 11.7 Å². The summed E-state index contributed by atoms with van der Waals surface area (Å²) in [6.07, 6.45) is 8.56. The van der Waals surface area contributed by atoms with E-state index in [1.54, 1.807) is 6.20 Å². The maximum Gasteiger partial charge on any atom is 0.217 e. The molecule has 0 amide bonds. The normalized spacial score (nSPS) is 17.9. The number of hydrogen-bond donors (Lipinski definition) is 1. The van der Waals surface area contributed by atoms with Crippen LogP contribution in [0.4, 0.5) is 0 Å². The third-order valence-corrected chi connectivity index (χ3v) is 4.09. The van der Waals surface area contributed by atoms with Gasteiger partial charge in [0.1, 0.15) is 6.10 Å². The molecular formula is C16H18N4O. The molecule has 0 radical (unpaired) electrons. The first-order valence-electron chi connectivity index (χ1n) is 7.57. The predicted molar refractivity (Wildman–Crippen MR) is 79.2 cm³/mol. The number of nitrogens with one attached hydrogen (secondary N) is 1. The molecule has 1 aliphatic carbocycles. The van der Waals surface area contributed by atoms with E-state index in [9.17, 15) is 0 Å². The Morgan fingerprint density at radius 2 is 2.05 bits per heavy atom. The van der Waals surface area contributed by atoms with Crippen LogP contribution >= 0.6 is 0 Å². The van der Waals surface area contributed by atoms with Crippen molar-refractivity contribution >= 4 is 0 Å². The fourth-order valence-corrected chi connectivity index (χ4v) is 2.77. The number of aryl methyl sites for hydroxylation is 2. The standard InChI is InChI=1S/C16H18N4O/c1-2-4-14-11(3-1)7-12(8-19-14)16-18-6-5-15(20-16)21-13-9-17-10-13/h5-8,13,17H,1-4,9-10H2. The van der Waals surface area contributed by atoms with Gasteiger partial charge in [-0.15, -0.1) is 0 Å². The van der Waals surface area contributed by atoms with Crippen LogP contribution in [0.1, 0.15) is 24.1 Å². The number of pyridine rings is 1. The molecule has 0 saturated carbocycles. The van der Waals surface area contributed by atoms with Gasteiger partial charge in [-0.3, -0.25) is 4.98 Å². The second-order valence-corrected chi connectivity index (χ2v) is 5.65. The minimum absolute atomic E-state index is 0.231. The van der Waals surface area contributed by atoms with E-state index in [2.05, 4.69) is 26.3 Å². The fourth-order valence-electron chi connectivity index (χ4n) is 2.77. The van der Waals surface area contributed by atoms with Gasteiger partial charge < -0.3 is 10.1 Å². The zero-order chi connectivity index (χ0) is 14.1. The monoisotopic (exact) mass is 282 g/mol. The topological polar surface area (TPSA) is 59.9 Å². The highest BCUT2D eigenvalue weighted by Gasteiger charge is 2.19. The molecule has 0 aromatic carbocycles. The summed E-state index contributed by atoms with van der Waals surface area (Å²) in [5.41, 5.74) is 3.56. The molecule has 1 fully saturated rings. The average molecular weight is 282 g/mol. The number of rotatable bonds is 3. The molecule has 2 aromatic heterocycles. The van der Waals surface area contributed by atoms with Gasteiger partial charge in [-0.05, 0) is 37.3 Å². The van der Waals surface area contributed by atoms with E-state index in [1.165, 1.54) is 24.1 Å². The smallest absolute Gasteiger partial charge is 0.217 e. The Hall–Kier alpha value is -2.01. The van der Waals surface area contributed by atoms with Crippen LogP contribution in [-0.4, -0.2) is 34.1 Å². The highest BCUT2D eigenvalue weighted by molar-refractivity contribution is 5.55. The van der Waals surface area contributed by atoms with Crippen LogP contribution < -0.4 is 10.1 Å². The Kier molecular flexibility index (Phi) is 3.27. The van der Waals surface area contributed by atoms with Crippen LogP contribution in [0.5, 0.6) is 5.88 Å². The highest BCUT2D eigenvalue weighted by Crippen LogP contribution is 2.24. The summed E-state index contributed by atoms with van der Waals surface area (Å²) in [5, 5.41) is 3.18. The van der Waals surface area contributed by atoms with E-state index in [4.69, 9.17) is 4.74 Å². The molecule has 5 heteroatoms. The zero-order valence-electron chi connectivity index (χ0n) is 11.9. The van der Waals surface area contributed by atoms with Gasteiger partial charge in [-0.2, -0.15) is 4.98 Å². The van der Waals surface area contributed by atoms with Crippen LogP contribution in [0.15, 0.2) is 24.5 Å². The Morgan fingerprint density at radius 1 is 1.14 bits per heavy atom. The van der Waals surface area contributed by atoms with Gasteiger partial charge in [0.15, 0.2) is 5.82 Å². The molecule has 0 unspecified atom stereocenters. The molecule has 108 valence electrons. The first-order valence-corrected chi connectivity index (χ1v) is 7.57. The molecule has 0 spiro atoms. The molecule has 0 atom stereocenters. The van der Waals surface area contributed by atoms with Gasteiger partial charge in [-0.25, -0.2) is 4.98 Å². The van der Waals surface area contributed by atoms with E-state index in [0.717, 1.165) is 31.5 Å². The third kappa shape index (κ3) is 2.61. The van der Waals surface area contributed by atoms with E-state index in [1.807, 2.05) is 12.3 Å². The first-order chi connectivity index (χ1) is 10.4. The summed E-state index contributed by atoms with van der Waals surface area (Å²) in [7, 11) is 0. The number of ether oxygens (including phenoxy) is 1. The van der Waals surface area contributed by atoms with Gasteiger partial charge in [-0.1, -0.05) is 0 Å². The van der Waals surface area contributed by atoms with Crippen molar-refractivity contribution in [3.05, 3.63) is 35.8 Å². The van der Waals surface area contributed by atoms with Crippen LogP contribution in [0.2, 0.25) is 0 Å². The third-order valence-electron chi connectivity index (χ3n) is 4.09. The van der Waals surface area contributed by atoms with E-state index < -0.39 is 0 Å². The van der Waals surface area contributed by atoms with E-state index >= 15 is 0 Å². The van der Waals surface area contributed by atoms with Crippen LogP contribution in [0.25, 0.3) is 11.4 Å². The minimum Gasteiger partial charge on any atom is -0.472 e. The van der Waals surface area contributed by atoms with Crippen molar-refractivity contribution in [3.8, 4) is 17.3 Å². The Bertz CT molecular complexity index is 654. The van der Waals surface area contributed by atoms with Gasteiger partial charge in [0.2, 0.25) is 5.88 Å². The molecule has 5 nitrogen and oxygen atoms in total. The molecule has 2 aromatic rings. The lowest BCUT2D eigenvalue weighted by atomic mass is 9.95. The minimum atomic E-state index is 0.231. The van der Waals surface area contributed by atoms with Crippen molar-refractivity contribution < 1.29 is 4.74 Å². The molecule has 1 N–H and O–H groups in total. The molecule has 2 aliphatic rings. The Labute approximate surface area is 123 Å². The average Bonchev–Trinajstić information content (AvgIpc) is 2.51. The quantitative estimate of drug-likeness (QED) is 0.929. The molecule has 3 heterocycles. The molecular weight excluding hydrogens is 264 g/mol. The lowest BCUT2D eigenvalue weighted by Gasteiger charge is -2.27. The maximum atomic E-state index is 5.79. The summed E-state index contributed by atoms with van der Waals surface area (Å²) in [6.45, 7) is 1.78. The fraction of sp³-hybridized carbons (Fsp3) is 0.438. The van der Waals surface area contributed by atoms with Crippen molar-refractivity contribution in [2.24, 2.45) is 0 Å². The summed E-state index contributed by atoms with van der Waals surface area (Å²) in [5.74, 6) is 1.34. The first kappa shape index (κ1) is 12.7. The lowest BCUT2D eigenvalue weighted by Crippen LogP contribution is -2.50. The molecule has 21 heavy (non-hydrogen) atoms. The number of fused-ring (bicyclic) bond motifs is 1. The summed E-state index contributed by atoms with van der Waals surface area (Å²) >= 11 is 0. The van der Waals surface area contributed by atoms with Gasteiger partial charge >= 0.3 is 0 Å². The summed E-state index contributed by atoms with van der Waals surface area (Å²) in [6, 6.07) is 4.00. The van der Waals surface area contributed by atoms with Crippen molar-refractivity contribution in [2.75, 3.05) is 13.1 Å². The Balaban J connectivity index is 1.61. The van der Waals surface area contributed by atoms with Crippen LogP contribution in [-0.2, 0) is 12.8 Å². The van der Waals surface area contributed by atoms with Crippen LogP contribution in [0.3, 0.4) is 0 Å². The molecule has 0 bridgehead atoms.